The molecule has 0 fully saturated rings. The molecule has 0 amide bonds. The largest absolute Gasteiger partial charge is 0.303 e. The first kappa shape index (κ1) is 11.1. The Hall–Kier alpha value is -2.01. The number of nitrogens with one attached hydrogen (secondary N) is 1. The van der Waals surface area contributed by atoms with Gasteiger partial charge in [-0.15, -0.1) is 0 Å². The molecule has 0 saturated heterocycles. The number of aromatic nitrogens is 3. The van der Waals surface area contributed by atoms with E-state index in [1.165, 1.54) is 0 Å². The Morgan fingerprint density at radius 3 is 2.56 bits per heavy atom. The average Bonchev–Trinajstić information content (AvgIpc) is 2.39. The monoisotopic (exact) mass is 301 g/mol. The van der Waals surface area contributed by atoms with Crippen LogP contribution in [-0.2, 0) is 0 Å². The lowest BCUT2D eigenvalue weighted by atomic mass is 10.1. The van der Waals surface area contributed by atoms with Gasteiger partial charge in [-0.2, -0.15) is 0 Å². The van der Waals surface area contributed by atoms with Crippen LogP contribution in [0.5, 0.6) is 0 Å². The number of pyridine rings is 1. The van der Waals surface area contributed by atoms with Crippen LogP contribution in [0.25, 0.3) is 22.4 Å². The summed E-state index contributed by atoms with van der Waals surface area (Å²) in [6.07, 6.45) is 0. The first-order valence-corrected chi connectivity index (χ1v) is 6.15. The Kier molecular flexibility index (Phi) is 2.68. The number of hydrogen-bond donors (Lipinski definition) is 1. The van der Waals surface area contributed by atoms with Gasteiger partial charge in [-0.1, -0.05) is 30.3 Å². The minimum atomic E-state index is -0.237. The van der Waals surface area contributed by atoms with E-state index in [9.17, 15) is 4.79 Å². The molecule has 4 nitrogen and oxygen atoms in total. The molecule has 0 aliphatic carbocycles. The van der Waals surface area contributed by atoms with Crippen LogP contribution in [0.3, 0.4) is 0 Å². The SMILES string of the molecule is O=c1[nH]c2nc(Br)ccc2nc1-c1ccccc1. The van der Waals surface area contributed by atoms with Crippen molar-refractivity contribution in [2.45, 2.75) is 0 Å². The van der Waals surface area contributed by atoms with Gasteiger partial charge in [0, 0.05) is 5.56 Å². The molecule has 0 bridgehead atoms. The predicted molar refractivity (Wildman–Crippen MR) is 73.3 cm³/mol. The molecule has 2 heterocycles. The smallest absolute Gasteiger partial charge is 0.276 e. The van der Waals surface area contributed by atoms with Gasteiger partial charge in [0.1, 0.15) is 15.8 Å². The van der Waals surface area contributed by atoms with Gasteiger partial charge in [0.05, 0.1) is 0 Å². The highest BCUT2D eigenvalue weighted by Crippen LogP contribution is 2.16. The molecule has 0 radical (unpaired) electrons. The predicted octanol–water partition coefficient (Wildman–Crippen LogP) is 2.75. The molecule has 88 valence electrons. The summed E-state index contributed by atoms with van der Waals surface area (Å²) < 4.78 is 0.667. The van der Waals surface area contributed by atoms with E-state index in [0.29, 0.717) is 21.5 Å². The standard InChI is InChI=1S/C13H8BrN3O/c14-10-7-6-9-12(16-10)17-13(18)11(15-9)8-4-2-1-3-5-8/h1-7H,(H,16,17,18). The third-order valence-electron chi connectivity index (χ3n) is 2.57. The highest BCUT2D eigenvalue weighted by atomic mass is 79.9. The number of aromatic amines is 1. The fourth-order valence-corrected chi connectivity index (χ4v) is 2.05. The van der Waals surface area contributed by atoms with Crippen LogP contribution >= 0.6 is 15.9 Å². The summed E-state index contributed by atoms with van der Waals surface area (Å²) in [7, 11) is 0. The number of nitrogens with zero attached hydrogens (tertiary/aromatic N) is 2. The lowest BCUT2D eigenvalue weighted by Gasteiger charge is -2.02. The zero-order valence-electron chi connectivity index (χ0n) is 9.22. The van der Waals surface area contributed by atoms with E-state index in [1.807, 2.05) is 36.4 Å². The number of halogens is 1. The summed E-state index contributed by atoms with van der Waals surface area (Å²) >= 11 is 3.26. The van der Waals surface area contributed by atoms with E-state index in [-0.39, 0.29) is 5.56 Å². The van der Waals surface area contributed by atoms with Crippen LogP contribution < -0.4 is 5.56 Å². The van der Waals surface area contributed by atoms with Gasteiger partial charge in [0.15, 0.2) is 5.65 Å². The van der Waals surface area contributed by atoms with E-state index in [1.54, 1.807) is 6.07 Å². The summed E-state index contributed by atoms with van der Waals surface area (Å²) in [6.45, 7) is 0. The maximum absolute atomic E-state index is 12.0. The highest BCUT2D eigenvalue weighted by molar-refractivity contribution is 9.10. The van der Waals surface area contributed by atoms with Crippen LogP contribution in [-0.4, -0.2) is 15.0 Å². The second-order valence-electron chi connectivity index (χ2n) is 3.78. The van der Waals surface area contributed by atoms with E-state index >= 15 is 0 Å². The van der Waals surface area contributed by atoms with E-state index in [0.717, 1.165) is 5.56 Å². The molecule has 5 heteroatoms. The molecule has 0 atom stereocenters. The summed E-state index contributed by atoms with van der Waals surface area (Å²) in [5.74, 6) is 0. The maximum atomic E-state index is 12.0. The van der Waals surface area contributed by atoms with Crippen molar-refractivity contribution in [2.24, 2.45) is 0 Å². The number of benzene rings is 1. The van der Waals surface area contributed by atoms with Crippen molar-refractivity contribution in [1.82, 2.24) is 15.0 Å². The molecule has 1 aromatic carbocycles. The number of hydrogen-bond acceptors (Lipinski definition) is 3. The van der Waals surface area contributed by atoms with E-state index in [2.05, 4.69) is 30.9 Å². The molecule has 3 rings (SSSR count). The summed E-state index contributed by atoms with van der Waals surface area (Å²) in [6, 6.07) is 13.0. The van der Waals surface area contributed by atoms with Gasteiger partial charge in [0.25, 0.3) is 5.56 Å². The van der Waals surface area contributed by atoms with E-state index in [4.69, 9.17) is 0 Å². The summed E-state index contributed by atoms with van der Waals surface area (Å²) in [4.78, 5) is 23.2. The Balaban J connectivity index is 2.29. The second kappa shape index (κ2) is 4.34. The molecule has 1 N–H and O–H groups in total. The third kappa shape index (κ3) is 1.93. The normalized spacial score (nSPS) is 10.7. The molecule has 0 spiro atoms. The Morgan fingerprint density at radius 1 is 1.00 bits per heavy atom. The zero-order chi connectivity index (χ0) is 12.5. The number of fused-ring (bicyclic) bond motifs is 1. The lowest BCUT2D eigenvalue weighted by molar-refractivity contribution is 1.16. The van der Waals surface area contributed by atoms with Gasteiger partial charge in [-0.3, -0.25) is 4.79 Å². The van der Waals surface area contributed by atoms with Crippen molar-refractivity contribution in [3.63, 3.8) is 0 Å². The van der Waals surface area contributed by atoms with Crippen molar-refractivity contribution < 1.29 is 0 Å². The molecule has 0 unspecified atom stereocenters. The molecule has 3 aromatic rings. The molecule has 18 heavy (non-hydrogen) atoms. The van der Waals surface area contributed by atoms with Gasteiger partial charge in [0.2, 0.25) is 0 Å². The van der Waals surface area contributed by atoms with Gasteiger partial charge >= 0.3 is 0 Å². The summed E-state index contributed by atoms with van der Waals surface area (Å²) in [5, 5.41) is 0. The van der Waals surface area contributed by atoms with Crippen LogP contribution in [0.2, 0.25) is 0 Å². The Labute approximate surface area is 111 Å². The quantitative estimate of drug-likeness (QED) is 0.703. The van der Waals surface area contributed by atoms with Crippen molar-refractivity contribution >= 4 is 27.1 Å². The molecular weight excluding hydrogens is 294 g/mol. The third-order valence-corrected chi connectivity index (χ3v) is 3.01. The molecule has 0 saturated carbocycles. The minimum absolute atomic E-state index is 0.237. The molecule has 2 aromatic heterocycles. The number of H-pyrrole nitrogens is 1. The highest BCUT2D eigenvalue weighted by Gasteiger charge is 2.07. The average molecular weight is 302 g/mol. The van der Waals surface area contributed by atoms with E-state index < -0.39 is 0 Å². The molecule has 0 aliphatic heterocycles. The zero-order valence-corrected chi connectivity index (χ0v) is 10.8. The molecule has 0 aliphatic rings. The van der Waals surface area contributed by atoms with Crippen molar-refractivity contribution in [3.8, 4) is 11.3 Å². The topological polar surface area (TPSA) is 58.6 Å². The van der Waals surface area contributed by atoms with Gasteiger partial charge in [-0.05, 0) is 28.1 Å². The fraction of sp³-hybridized carbons (Fsp3) is 0. The van der Waals surface area contributed by atoms with Crippen LogP contribution in [0.4, 0.5) is 0 Å². The number of rotatable bonds is 1. The van der Waals surface area contributed by atoms with Crippen molar-refractivity contribution in [3.05, 3.63) is 57.4 Å². The maximum Gasteiger partial charge on any atom is 0.276 e. The Bertz CT molecular complexity index is 768. The van der Waals surface area contributed by atoms with Crippen LogP contribution in [0.1, 0.15) is 0 Å². The minimum Gasteiger partial charge on any atom is -0.303 e. The van der Waals surface area contributed by atoms with Crippen molar-refractivity contribution in [2.75, 3.05) is 0 Å². The van der Waals surface area contributed by atoms with Crippen LogP contribution in [0, 0.1) is 0 Å². The van der Waals surface area contributed by atoms with Crippen molar-refractivity contribution in [1.29, 1.82) is 0 Å². The first-order chi connectivity index (χ1) is 8.74. The first-order valence-electron chi connectivity index (χ1n) is 5.36. The second-order valence-corrected chi connectivity index (χ2v) is 4.59. The molecular formula is C13H8BrN3O. The van der Waals surface area contributed by atoms with Crippen LogP contribution in [0.15, 0.2) is 51.9 Å². The Morgan fingerprint density at radius 2 is 1.78 bits per heavy atom. The lowest BCUT2D eigenvalue weighted by Crippen LogP contribution is -2.12. The van der Waals surface area contributed by atoms with Gasteiger partial charge in [-0.25, -0.2) is 9.97 Å². The summed E-state index contributed by atoms with van der Waals surface area (Å²) in [5.41, 5.74) is 2.11. The fourth-order valence-electron chi connectivity index (χ4n) is 1.74. The van der Waals surface area contributed by atoms with Gasteiger partial charge < -0.3 is 4.98 Å².